The first-order chi connectivity index (χ1) is 9.08. The summed E-state index contributed by atoms with van der Waals surface area (Å²) in [6, 6.07) is 3.62. The van der Waals surface area contributed by atoms with Crippen molar-refractivity contribution in [1.82, 2.24) is 5.32 Å². The van der Waals surface area contributed by atoms with Gasteiger partial charge in [0.15, 0.2) is 18.1 Å². The molecule has 0 heterocycles. The Morgan fingerprint density at radius 1 is 1.37 bits per heavy atom. The van der Waals surface area contributed by atoms with Crippen molar-refractivity contribution < 1.29 is 14.3 Å². The lowest BCUT2D eigenvalue weighted by atomic mass is 10.2. The summed E-state index contributed by atoms with van der Waals surface area (Å²) in [7, 11) is 0. The molecule has 0 fully saturated rings. The summed E-state index contributed by atoms with van der Waals surface area (Å²) >= 11 is 6.15. The number of amides is 1. The van der Waals surface area contributed by atoms with E-state index < -0.39 is 5.91 Å². The molecular weight excluding hydrogens is 268 g/mol. The van der Waals surface area contributed by atoms with Gasteiger partial charge in [-0.3, -0.25) is 4.79 Å². The number of rotatable bonds is 8. The van der Waals surface area contributed by atoms with E-state index in [1.165, 1.54) is 0 Å². The number of halogens is 1. The topological polar surface area (TPSA) is 73.6 Å². The lowest BCUT2D eigenvalue weighted by molar-refractivity contribution is -0.119. The van der Waals surface area contributed by atoms with Crippen LogP contribution in [-0.2, 0) is 11.3 Å². The second kappa shape index (κ2) is 7.86. The average molecular weight is 287 g/mol. The molecule has 0 saturated heterocycles. The van der Waals surface area contributed by atoms with E-state index in [2.05, 4.69) is 5.32 Å². The van der Waals surface area contributed by atoms with Gasteiger partial charge < -0.3 is 20.5 Å². The highest BCUT2D eigenvalue weighted by Gasteiger charge is 2.13. The molecule has 0 aromatic heterocycles. The fourth-order valence-electron chi connectivity index (χ4n) is 1.54. The first kappa shape index (κ1) is 15.6. The molecule has 1 amide bonds. The predicted molar refractivity (Wildman–Crippen MR) is 74.7 cm³/mol. The zero-order valence-corrected chi connectivity index (χ0v) is 11.9. The molecule has 0 saturated carbocycles. The first-order valence-electron chi connectivity index (χ1n) is 6.15. The van der Waals surface area contributed by atoms with Gasteiger partial charge in [0.05, 0.1) is 11.6 Å². The van der Waals surface area contributed by atoms with Gasteiger partial charge in [-0.05, 0) is 31.2 Å². The van der Waals surface area contributed by atoms with E-state index >= 15 is 0 Å². The minimum absolute atomic E-state index is 0.230. The van der Waals surface area contributed by atoms with Crippen LogP contribution in [0.25, 0.3) is 0 Å². The lowest BCUT2D eigenvalue weighted by Gasteiger charge is -2.14. The van der Waals surface area contributed by atoms with E-state index in [1.54, 1.807) is 6.07 Å². The minimum atomic E-state index is -0.560. The Hall–Kier alpha value is -1.46. The summed E-state index contributed by atoms with van der Waals surface area (Å²) in [5.74, 6) is 0.307. The number of hydrogen-bond acceptors (Lipinski definition) is 4. The number of hydrogen-bond donors (Lipinski definition) is 2. The van der Waals surface area contributed by atoms with Gasteiger partial charge in [0, 0.05) is 6.54 Å². The van der Waals surface area contributed by atoms with Crippen LogP contribution in [0.1, 0.15) is 19.4 Å². The Morgan fingerprint density at radius 2 is 2.11 bits per heavy atom. The minimum Gasteiger partial charge on any atom is -0.490 e. The smallest absolute Gasteiger partial charge is 0.255 e. The largest absolute Gasteiger partial charge is 0.490 e. The molecule has 0 aliphatic carbocycles. The maximum atomic E-state index is 10.8. The molecule has 0 atom stereocenters. The maximum absolute atomic E-state index is 10.8. The van der Waals surface area contributed by atoms with Crippen LogP contribution in [0.5, 0.6) is 11.5 Å². The first-order valence-corrected chi connectivity index (χ1v) is 6.53. The molecule has 1 aromatic rings. The zero-order chi connectivity index (χ0) is 14.3. The normalized spacial score (nSPS) is 10.3. The Kier molecular flexibility index (Phi) is 6.45. The highest BCUT2D eigenvalue weighted by Crippen LogP contribution is 2.36. The molecule has 19 heavy (non-hydrogen) atoms. The monoisotopic (exact) mass is 286 g/mol. The summed E-state index contributed by atoms with van der Waals surface area (Å²) < 4.78 is 10.8. The van der Waals surface area contributed by atoms with Crippen molar-refractivity contribution in [3.8, 4) is 11.5 Å². The van der Waals surface area contributed by atoms with Crippen molar-refractivity contribution in [3.63, 3.8) is 0 Å². The fraction of sp³-hybridized carbons (Fsp3) is 0.462. The molecule has 0 bridgehead atoms. The highest BCUT2D eigenvalue weighted by atomic mass is 35.5. The summed E-state index contributed by atoms with van der Waals surface area (Å²) in [6.45, 7) is 5.69. The third kappa shape index (κ3) is 4.96. The zero-order valence-electron chi connectivity index (χ0n) is 11.2. The summed E-state index contributed by atoms with van der Waals surface area (Å²) in [4.78, 5) is 10.8. The van der Waals surface area contributed by atoms with Gasteiger partial charge in [-0.1, -0.05) is 18.5 Å². The number of carbonyl (C=O) groups is 1. The third-order valence-corrected chi connectivity index (χ3v) is 2.59. The number of carbonyl (C=O) groups excluding carboxylic acids is 1. The van der Waals surface area contributed by atoms with Gasteiger partial charge >= 0.3 is 0 Å². The molecule has 0 aliphatic rings. The van der Waals surface area contributed by atoms with E-state index in [9.17, 15) is 4.79 Å². The fourth-order valence-corrected chi connectivity index (χ4v) is 1.83. The van der Waals surface area contributed by atoms with Crippen molar-refractivity contribution in [3.05, 3.63) is 22.7 Å². The third-order valence-electron chi connectivity index (χ3n) is 2.31. The van der Waals surface area contributed by atoms with E-state index in [4.69, 9.17) is 26.8 Å². The van der Waals surface area contributed by atoms with Crippen LogP contribution in [0.15, 0.2) is 12.1 Å². The standard InChI is InChI=1S/C13H19ClN2O3/c1-3-16-7-9-5-10(14)13(19-8-12(15)17)11(6-9)18-4-2/h5-6,16H,3-4,7-8H2,1-2H3,(H2,15,17). The van der Waals surface area contributed by atoms with Crippen LogP contribution in [0.2, 0.25) is 5.02 Å². The van der Waals surface area contributed by atoms with Crippen LogP contribution in [-0.4, -0.2) is 25.7 Å². The molecule has 0 radical (unpaired) electrons. The number of benzene rings is 1. The number of nitrogens with one attached hydrogen (secondary N) is 1. The van der Waals surface area contributed by atoms with Crippen molar-refractivity contribution in [1.29, 1.82) is 0 Å². The second-order valence-electron chi connectivity index (χ2n) is 3.87. The Morgan fingerprint density at radius 3 is 2.68 bits per heavy atom. The van der Waals surface area contributed by atoms with Crippen LogP contribution in [0.3, 0.4) is 0 Å². The van der Waals surface area contributed by atoms with Crippen molar-refractivity contribution in [2.75, 3.05) is 19.8 Å². The van der Waals surface area contributed by atoms with Gasteiger partial charge in [-0.15, -0.1) is 0 Å². The molecule has 1 aromatic carbocycles. The molecule has 5 nitrogen and oxygen atoms in total. The van der Waals surface area contributed by atoms with Crippen LogP contribution >= 0.6 is 11.6 Å². The van der Waals surface area contributed by atoms with Gasteiger partial charge in [-0.2, -0.15) is 0 Å². The summed E-state index contributed by atoms with van der Waals surface area (Å²) in [5, 5.41) is 3.60. The quantitative estimate of drug-likeness (QED) is 0.763. The molecule has 0 unspecified atom stereocenters. The predicted octanol–water partition coefficient (Wildman–Crippen LogP) is 1.71. The molecule has 106 valence electrons. The molecule has 0 aliphatic heterocycles. The molecule has 0 spiro atoms. The van der Waals surface area contributed by atoms with Gasteiger partial charge in [0.2, 0.25) is 0 Å². The molecule has 6 heteroatoms. The van der Waals surface area contributed by atoms with E-state index in [-0.39, 0.29) is 6.61 Å². The van der Waals surface area contributed by atoms with Gasteiger partial charge in [0.1, 0.15) is 0 Å². The maximum Gasteiger partial charge on any atom is 0.255 e. The second-order valence-corrected chi connectivity index (χ2v) is 4.28. The highest BCUT2D eigenvalue weighted by molar-refractivity contribution is 6.32. The summed E-state index contributed by atoms with van der Waals surface area (Å²) in [6.07, 6.45) is 0. The Labute approximate surface area is 118 Å². The SMILES string of the molecule is CCNCc1cc(Cl)c(OCC(N)=O)c(OCC)c1. The van der Waals surface area contributed by atoms with E-state index in [1.807, 2.05) is 19.9 Å². The Bertz CT molecular complexity index is 438. The average Bonchev–Trinajstić information content (AvgIpc) is 2.35. The van der Waals surface area contributed by atoms with Crippen LogP contribution in [0, 0.1) is 0 Å². The number of ether oxygens (including phenoxy) is 2. The number of nitrogens with two attached hydrogens (primary N) is 1. The van der Waals surface area contributed by atoms with Crippen LogP contribution < -0.4 is 20.5 Å². The molecule has 3 N–H and O–H groups in total. The van der Waals surface area contributed by atoms with Crippen molar-refractivity contribution >= 4 is 17.5 Å². The van der Waals surface area contributed by atoms with Gasteiger partial charge in [-0.25, -0.2) is 0 Å². The van der Waals surface area contributed by atoms with Crippen molar-refractivity contribution in [2.24, 2.45) is 5.73 Å². The van der Waals surface area contributed by atoms with Crippen LogP contribution in [0.4, 0.5) is 0 Å². The summed E-state index contributed by atoms with van der Waals surface area (Å²) in [5.41, 5.74) is 6.04. The van der Waals surface area contributed by atoms with Crippen molar-refractivity contribution in [2.45, 2.75) is 20.4 Å². The van der Waals surface area contributed by atoms with E-state index in [0.717, 1.165) is 12.1 Å². The number of primary amides is 1. The Balaban J connectivity index is 2.96. The van der Waals surface area contributed by atoms with Gasteiger partial charge in [0.25, 0.3) is 5.91 Å². The lowest BCUT2D eigenvalue weighted by Crippen LogP contribution is -2.20. The molecular formula is C13H19ClN2O3. The van der Waals surface area contributed by atoms with E-state index in [0.29, 0.717) is 29.7 Å². The molecule has 1 rings (SSSR count).